The number of fused-ring (bicyclic) bond motifs is 1. The van der Waals surface area contributed by atoms with Gasteiger partial charge in [0, 0.05) is 20.1 Å². The molecular formula is C29H21Br2NO3. The van der Waals surface area contributed by atoms with Gasteiger partial charge in [0.25, 0.3) is 5.91 Å². The average molecular weight is 591 g/mol. The van der Waals surface area contributed by atoms with Crippen LogP contribution in [0.3, 0.4) is 0 Å². The highest BCUT2D eigenvalue weighted by atomic mass is 79.9. The van der Waals surface area contributed by atoms with Crippen LogP contribution in [0.25, 0.3) is 11.1 Å². The third-order valence-electron chi connectivity index (χ3n) is 6.28. The van der Waals surface area contributed by atoms with E-state index in [1.807, 2.05) is 72.8 Å². The third-order valence-corrected chi connectivity index (χ3v) is 7.30. The lowest BCUT2D eigenvalue weighted by atomic mass is 9.88. The molecule has 0 aliphatic carbocycles. The van der Waals surface area contributed by atoms with Crippen LogP contribution in [0.1, 0.15) is 27.9 Å². The summed E-state index contributed by atoms with van der Waals surface area (Å²) in [5.74, 6) is -0.792. The van der Waals surface area contributed by atoms with Crippen molar-refractivity contribution in [1.82, 2.24) is 0 Å². The van der Waals surface area contributed by atoms with Crippen LogP contribution in [0.15, 0.2) is 106 Å². The number of carbonyl (C=O) groups is 2. The van der Waals surface area contributed by atoms with Crippen LogP contribution < -0.4 is 4.90 Å². The lowest BCUT2D eigenvalue weighted by Crippen LogP contribution is -2.41. The summed E-state index contributed by atoms with van der Waals surface area (Å²) in [4.78, 5) is 28.4. The lowest BCUT2D eigenvalue weighted by molar-refractivity contribution is -0.136. The highest BCUT2D eigenvalue weighted by Crippen LogP contribution is 2.45. The fourth-order valence-electron chi connectivity index (χ4n) is 4.44. The van der Waals surface area contributed by atoms with Crippen molar-refractivity contribution in [3.8, 4) is 11.1 Å². The van der Waals surface area contributed by atoms with E-state index in [4.69, 9.17) is 0 Å². The molecule has 1 aliphatic rings. The fraction of sp³-hybridized carbons (Fsp3) is 0.103. The van der Waals surface area contributed by atoms with Crippen molar-refractivity contribution in [2.45, 2.75) is 18.6 Å². The maximum absolute atomic E-state index is 13.6. The van der Waals surface area contributed by atoms with Gasteiger partial charge in [-0.3, -0.25) is 9.59 Å². The maximum Gasteiger partial charge on any atom is 0.264 e. The molecule has 4 aromatic rings. The Hall–Kier alpha value is -3.06. The number of hydrogen-bond donors (Lipinski definition) is 1. The highest BCUT2D eigenvalue weighted by molar-refractivity contribution is 9.10. The molecule has 1 atom stereocenters. The Morgan fingerprint density at radius 2 is 1.43 bits per heavy atom. The average Bonchev–Trinajstić information content (AvgIpc) is 3.07. The number of carbonyl (C=O) groups excluding carboxylic acids is 2. The van der Waals surface area contributed by atoms with E-state index in [2.05, 4.69) is 31.9 Å². The number of halogens is 2. The minimum absolute atomic E-state index is 0.295. The van der Waals surface area contributed by atoms with Gasteiger partial charge in [0.15, 0.2) is 11.4 Å². The van der Waals surface area contributed by atoms with Crippen LogP contribution in [0.4, 0.5) is 5.69 Å². The van der Waals surface area contributed by atoms with Crippen molar-refractivity contribution >= 4 is 49.2 Å². The summed E-state index contributed by atoms with van der Waals surface area (Å²) in [6.07, 6.45) is -0.336. The van der Waals surface area contributed by atoms with Gasteiger partial charge in [-0.25, -0.2) is 0 Å². The molecule has 174 valence electrons. The number of ketones is 1. The number of rotatable bonds is 6. The Morgan fingerprint density at radius 1 is 0.800 bits per heavy atom. The number of hydrogen-bond acceptors (Lipinski definition) is 3. The Morgan fingerprint density at radius 3 is 2.11 bits per heavy atom. The van der Waals surface area contributed by atoms with Crippen molar-refractivity contribution in [3.05, 3.63) is 123 Å². The molecular weight excluding hydrogens is 570 g/mol. The quantitative estimate of drug-likeness (QED) is 0.249. The number of Topliss-reactive ketones (excluding diaryl/α,β-unsaturated/α-hetero) is 1. The molecule has 0 bridgehead atoms. The monoisotopic (exact) mass is 589 g/mol. The molecule has 4 nitrogen and oxygen atoms in total. The molecule has 5 rings (SSSR count). The SMILES string of the molecule is O=C(CC1(O)C(=O)N(Cc2ccc(Br)cc2)c2ccc(Br)cc21)c1ccc(-c2ccccc2)cc1. The van der Waals surface area contributed by atoms with Crippen molar-refractivity contribution in [2.24, 2.45) is 0 Å². The maximum atomic E-state index is 13.6. The molecule has 0 fully saturated rings. The van der Waals surface area contributed by atoms with Crippen LogP contribution in [-0.4, -0.2) is 16.8 Å². The van der Waals surface area contributed by atoms with Crippen LogP contribution in [0.5, 0.6) is 0 Å². The summed E-state index contributed by atoms with van der Waals surface area (Å²) in [5, 5.41) is 11.7. The zero-order valence-electron chi connectivity index (χ0n) is 18.6. The predicted octanol–water partition coefficient (Wildman–Crippen LogP) is 6.89. The highest BCUT2D eigenvalue weighted by Gasteiger charge is 2.51. The minimum atomic E-state index is -1.94. The first-order valence-electron chi connectivity index (χ1n) is 11.1. The van der Waals surface area contributed by atoms with E-state index in [0.29, 0.717) is 23.4 Å². The van der Waals surface area contributed by atoms with Gasteiger partial charge < -0.3 is 10.0 Å². The molecule has 1 amide bonds. The smallest absolute Gasteiger partial charge is 0.264 e. The number of aliphatic hydroxyl groups is 1. The van der Waals surface area contributed by atoms with Gasteiger partial charge in [0.05, 0.1) is 18.7 Å². The Bertz CT molecular complexity index is 1400. The standard InChI is InChI=1S/C29H21Br2NO3/c30-23-12-6-19(7-13-23)18-32-26-15-14-24(31)16-25(26)29(35,28(32)34)17-27(33)22-10-8-21(9-11-22)20-4-2-1-3-5-20/h1-16,35H,17-18H2. The van der Waals surface area contributed by atoms with Crippen LogP contribution in [0.2, 0.25) is 0 Å². The summed E-state index contributed by atoms with van der Waals surface area (Å²) in [6.45, 7) is 0.295. The zero-order chi connectivity index (χ0) is 24.6. The lowest BCUT2D eigenvalue weighted by Gasteiger charge is -2.23. The van der Waals surface area contributed by atoms with E-state index < -0.39 is 11.5 Å². The van der Waals surface area contributed by atoms with Crippen molar-refractivity contribution in [3.63, 3.8) is 0 Å². The van der Waals surface area contributed by atoms with Gasteiger partial charge in [-0.2, -0.15) is 0 Å². The molecule has 0 spiro atoms. The number of anilines is 1. The Kier molecular flexibility index (Phi) is 6.45. The summed E-state index contributed by atoms with van der Waals surface area (Å²) < 4.78 is 1.67. The van der Waals surface area contributed by atoms with E-state index >= 15 is 0 Å². The number of benzene rings is 4. The second-order valence-electron chi connectivity index (χ2n) is 8.58. The molecule has 4 aromatic carbocycles. The van der Waals surface area contributed by atoms with E-state index in [-0.39, 0.29) is 12.2 Å². The first-order valence-corrected chi connectivity index (χ1v) is 12.7. The van der Waals surface area contributed by atoms with Crippen LogP contribution in [0, 0.1) is 0 Å². The van der Waals surface area contributed by atoms with Gasteiger partial charge in [0.2, 0.25) is 0 Å². The molecule has 0 aromatic heterocycles. The van der Waals surface area contributed by atoms with E-state index in [1.54, 1.807) is 29.2 Å². The summed E-state index contributed by atoms with van der Waals surface area (Å²) in [6, 6.07) is 30.2. The second kappa shape index (κ2) is 9.53. The van der Waals surface area contributed by atoms with Gasteiger partial charge >= 0.3 is 0 Å². The molecule has 1 aliphatic heterocycles. The van der Waals surface area contributed by atoms with Crippen molar-refractivity contribution < 1.29 is 14.7 Å². The topological polar surface area (TPSA) is 57.6 Å². The van der Waals surface area contributed by atoms with E-state index in [9.17, 15) is 14.7 Å². The fourth-order valence-corrected chi connectivity index (χ4v) is 5.06. The summed E-state index contributed by atoms with van der Waals surface area (Å²) >= 11 is 6.87. The molecule has 35 heavy (non-hydrogen) atoms. The first kappa shape index (κ1) is 23.7. The Balaban J connectivity index is 1.43. The predicted molar refractivity (Wildman–Crippen MR) is 144 cm³/mol. The van der Waals surface area contributed by atoms with Gasteiger partial charge in [-0.1, -0.05) is 98.6 Å². The molecule has 1 heterocycles. The van der Waals surface area contributed by atoms with Crippen molar-refractivity contribution in [2.75, 3.05) is 4.90 Å². The van der Waals surface area contributed by atoms with Crippen LogP contribution in [-0.2, 0) is 16.9 Å². The summed E-state index contributed by atoms with van der Waals surface area (Å²) in [7, 11) is 0. The Labute approximate surface area is 220 Å². The molecule has 0 radical (unpaired) electrons. The van der Waals surface area contributed by atoms with E-state index in [1.165, 1.54) is 0 Å². The van der Waals surface area contributed by atoms with Gasteiger partial charge in [-0.05, 0) is 47.0 Å². The van der Waals surface area contributed by atoms with E-state index in [0.717, 1.165) is 25.6 Å². The first-order chi connectivity index (χ1) is 16.8. The molecule has 1 unspecified atom stereocenters. The molecule has 0 saturated heterocycles. The number of amides is 1. The normalized spacial score (nSPS) is 16.9. The second-order valence-corrected chi connectivity index (χ2v) is 10.4. The third kappa shape index (κ3) is 4.61. The largest absolute Gasteiger partial charge is 0.375 e. The number of nitrogens with zero attached hydrogens (tertiary/aromatic N) is 1. The molecule has 1 N–H and O–H groups in total. The van der Waals surface area contributed by atoms with Gasteiger partial charge in [0.1, 0.15) is 0 Å². The zero-order valence-corrected chi connectivity index (χ0v) is 21.8. The molecule has 0 saturated carbocycles. The van der Waals surface area contributed by atoms with Crippen LogP contribution >= 0.6 is 31.9 Å². The minimum Gasteiger partial charge on any atom is -0.375 e. The summed E-state index contributed by atoms with van der Waals surface area (Å²) in [5.41, 5.74) is 2.52. The van der Waals surface area contributed by atoms with Gasteiger partial charge in [-0.15, -0.1) is 0 Å². The molecule has 6 heteroatoms. The van der Waals surface area contributed by atoms with Crippen molar-refractivity contribution in [1.29, 1.82) is 0 Å².